The minimum atomic E-state index is -2.16. The van der Waals surface area contributed by atoms with Crippen LogP contribution in [0.1, 0.15) is 53.2 Å². The molecular weight excluding hydrogens is 418 g/mol. The Hall–Kier alpha value is -1.57. The topological polar surface area (TPSA) is 56.6 Å². The zero-order valence-corrected chi connectivity index (χ0v) is 20.7. The highest BCUT2D eigenvalue weighted by Gasteiger charge is 2.42. The number of ether oxygens (including phenoxy) is 1. The van der Waals surface area contributed by atoms with Crippen molar-refractivity contribution in [2.75, 3.05) is 13.1 Å². The van der Waals surface area contributed by atoms with Crippen molar-refractivity contribution in [2.24, 2.45) is 0 Å². The van der Waals surface area contributed by atoms with E-state index < -0.39 is 20.6 Å². The number of nitrogens with zero attached hydrogens (tertiary/aromatic N) is 3. The lowest BCUT2D eigenvalue weighted by Crippen LogP contribution is -2.46. The summed E-state index contributed by atoms with van der Waals surface area (Å²) in [6.45, 7) is 14.4. The number of likely N-dealkylation sites (tertiary alicyclic amines) is 1. The molecule has 1 fully saturated rings. The van der Waals surface area contributed by atoms with E-state index in [2.05, 4.69) is 38.8 Å². The summed E-state index contributed by atoms with van der Waals surface area (Å²) in [4.78, 5) is 19.1. The summed E-state index contributed by atoms with van der Waals surface area (Å²) < 4.78 is 14.7. The lowest BCUT2D eigenvalue weighted by atomic mass is 10.1. The number of benzene rings is 1. The van der Waals surface area contributed by atoms with Crippen LogP contribution in [0.3, 0.4) is 0 Å². The molecule has 3 rings (SSSR count). The van der Waals surface area contributed by atoms with Crippen molar-refractivity contribution in [2.45, 2.75) is 77.4 Å². The molecule has 0 spiro atoms. The van der Waals surface area contributed by atoms with Gasteiger partial charge in [-0.1, -0.05) is 32.4 Å². The number of carbonyl (C=O) groups excluding carboxylic acids is 1. The quantitative estimate of drug-likeness (QED) is 0.506. The Kier molecular flexibility index (Phi) is 6.84. The van der Waals surface area contributed by atoms with Crippen LogP contribution < -0.4 is 0 Å². The summed E-state index contributed by atoms with van der Waals surface area (Å²) in [6, 6.07) is 5.61. The van der Waals surface area contributed by atoms with Crippen LogP contribution >= 0.6 is 11.6 Å². The zero-order valence-electron chi connectivity index (χ0n) is 18.9. The molecule has 166 valence electrons. The fourth-order valence-electron chi connectivity index (χ4n) is 3.43. The Balaban J connectivity index is 1.91. The summed E-state index contributed by atoms with van der Waals surface area (Å²) in [5.74, 6) is 0. The molecule has 0 unspecified atom stereocenters. The molecule has 0 aliphatic carbocycles. The molecule has 1 aliphatic rings. The molecule has 2 aromatic rings. The molecule has 0 N–H and O–H groups in total. The maximum atomic E-state index is 12.8. The molecular formula is C22H34ClN3O3Si. The van der Waals surface area contributed by atoms with E-state index >= 15 is 0 Å². The third-order valence-corrected chi connectivity index (χ3v) is 11.0. The van der Waals surface area contributed by atoms with Gasteiger partial charge in [0.05, 0.1) is 17.4 Å². The number of imidazole rings is 1. The van der Waals surface area contributed by atoms with Crippen LogP contribution in [-0.2, 0) is 9.16 Å². The Morgan fingerprint density at radius 1 is 1.20 bits per heavy atom. The van der Waals surface area contributed by atoms with Gasteiger partial charge < -0.3 is 18.6 Å². The smallest absolute Gasteiger partial charge is 0.410 e. The number of amides is 1. The van der Waals surface area contributed by atoms with Gasteiger partial charge >= 0.3 is 6.09 Å². The van der Waals surface area contributed by atoms with Gasteiger partial charge in [-0.3, -0.25) is 0 Å². The Bertz CT molecular complexity index is 887. The minimum Gasteiger partial charge on any atom is -0.442 e. The van der Waals surface area contributed by atoms with Gasteiger partial charge in [0.25, 0.3) is 0 Å². The number of fused-ring (bicyclic) bond motifs is 1. The number of piperidine rings is 1. The van der Waals surface area contributed by atoms with Gasteiger partial charge in [0.2, 0.25) is 0 Å². The first-order chi connectivity index (χ1) is 14.0. The number of hydrogen-bond acceptors (Lipinski definition) is 4. The SMILES string of the molecule is C[C@@H](OC(=O)N1CCCCC1)[C@H](O[Si](C)(C)C(C)(C)C)n1cnc2cc(Cl)ccc21. The normalized spacial score (nSPS) is 17.8. The van der Waals surface area contributed by atoms with Crippen LogP contribution in [0.2, 0.25) is 23.2 Å². The van der Waals surface area contributed by atoms with Crippen molar-refractivity contribution in [3.8, 4) is 0 Å². The fourth-order valence-corrected chi connectivity index (χ4v) is 4.86. The van der Waals surface area contributed by atoms with Crippen LogP contribution in [0.4, 0.5) is 4.79 Å². The van der Waals surface area contributed by atoms with Crippen molar-refractivity contribution in [3.63, 3.8) is 0 Å². The zero-order chi connectivity index (χ0) is 22.1. The molecule has 2 heterocycles. The highest BCUT2D eigenvalue weighted by atomic mass is 35.5. The predicted molar refractivity (Wildman–Crippen MR) is 123 cm³/mol. The van der Waals surface area contributed by atoms with Crippen LogP contribution in [-0.4, -0.2) is 48.1 Å². The first kappa shape index (κ1) is 23.1. The van der Waals surface area contributed by atoms with Gasteiger partial charge in [-0.2, -0.15) is 0 Å². The average molecular weight is 452 g/mol. The summed E-state index contributed by atoms with van der Waals surface area (Å²) in [7, 11) is -2.16. The molecule has 30 heavy (non-hydrogen) atoms. The largest absolute Gasteiger partial charge is 0.442 e. The van der Waals surface area contributed by atoms with Crippen molar-refractivity contribution >= 4 is 37.0 Å². The number of carbonyl (C=O) groups is 1. The van der Waals surface area contributed by atoms with Crippen molar-refractivity contribution < 1.29 is 14.0 Å². The third-order valence-electron chi connectivity index (χ3n) is 6.34. The second-order valence-electron chi connectivity index (χ2n) is 9.69. The van der Waals surface area contributed by atoms with Gasteiger partial charge in [-0.05, 0) is 62.5 Å². The van der Waals surface area contributed by atoms with E-state index in [-0.39, 0.29) is 11.1 Å². The lowest BCUT2D eigenvalue weighted by Gasteiger charge is -2.41. The summed E-state index contributed by atoms with van der Waals surface area (Å²) in [6.07, 6.45) is 3.77. The first-order valence-corrected chi connectivity index (χ1v) is 14.0. The minimum absolute atomic E-state index is 0.0154. The second-order valence-corrected chi connectivity index (χ2v) is 14.9. The number of halogens is 1. The maximum Gasteiger partial charge on any atom is 0.410 e. The number of rotatable bonds is 5. The maximum absolute atomic E-state index is 12.8. The van der Waals surface area contributed by atoms with Crippen LogP contribution in [0.25, 0.3) is 11.0 Å². The van der Waals surface area contributed by atoms with Gasteiger partial charge in [0, 0.05) is 18.1 Å². The Morgan fingerprint density at radius 3 is 2.50 bits per heavy atom. The molecule has 1 aromatic carbocycles. The summed E-state index contributed by atoms with van der Waals surface area (Å²) >= 11 is 6.14. The van der Waals surface area contributed by atoms with Gasteiger partial charge in [-0.25, -0.2) is 9.78 Å². The van der Waals surface area contributed by atoms with Crippen molar-refractivity contribution in [1.29, 1.82) is 0 Å². The van der Waals surface area contributed by atoms with E-state index in [4.69, 9.17) is 20.8 Å². The van der Waals surface area contributed by atoms with E-state index in [0.29, 0.717) is 5.02 Å². The van der Waals surface area contributed by atoms with Gasteiger partial charge in [0.1, 0.15) is 6.10 Å². The number of hydrogen-bond donors (Lipinski definition) is 0. The van der Waals surface area contributed by atoms with Crippen LogP contribution in [0.15, 0.2) is 24.5 Å². The fraction of sp³-hybridized carbons (Fsp3) is 0.636. The average Bonchev–Trinajstić information content (AvgIpc) is 3.08. The highest BCUT2D eigenvalue weighted by molar-refractivity contribution is 6.74. The van der Waals surface area contributed by atoms with Crippen molar-refractivity contribution in [1.82, 2.24) is 14.5 Å². The van der Waals surface area contributed by atoms with Gasteiger partial charge in [0.15, 0.2) is 14.5 Å². The summed E-state index contributed by atoms with van der Waals surface area (Å²) in [5, 5.41) is 0.654. The molecule has 2 atom stereocenters. The summed E-state index contributed by atoms with van der Waals surface area (Å²) in [5.41, 5.74) is 1.70. The van der Waals surface area contributed by atoms with E-state index in [1.165, 1.54) is 6.42 Å². The molecule has 1 aromatic heterocycles. The van der Waals surface area contributed by atoms with Crippen LogP contribution in [0, 0.1) is 0 Å². The first-order valence-electron chi connectivity index (χ1n) is 10.7. The highest BCUT2D eigenvalue weighted by Crippen LogP contribution is 2.40. The molecule has 0 saturated carbocycles. The van der Waals surface area contributed by atoms with E-state index in [0.717, 1.165) is 37.0 Å². The molecule has 1 aliphatic heterocycles. The standard InChI is InChI=1S/C22H34ClN3O3Si/c1-16(28-21(27)25-12-8-7-9-13-25)20(29-30(5,6)22(2,3)4)26-15-24-18-14-17(23)10-11-19(18)26/h10-11,14-16,20H,7-9,12-13H2,1-6H3/t16-,20+/m1/s1. The lowest BCUT2D eigenvalue weighted by molar-refractivity contribution is -0.0303. The predicted octanol–water partition coefficient (Wildman–Crippen LogP) is 6.22. The molecule has 0 bridgehead atoms. The Labute approximate surface area is 185 Å². The second kappa shape index (κ2) is 8.89. The van der Waals surface area contributed by atoms with E-state index in [9.17, 15) is 4.79 Å². The molecule has 1 amide bonds. The monoisotopic (exact) mass is 451 g/mol. The van der Waals surface area contributed by atoms with Crippen LogP contribution in [0.5, 0.6) is 0 Å². The molecule has 0 radical (unpaired) electrons. The van der Waals surface area contributed by atoms with E-state index in [1.54, 1.807) is 11.2 Å². The van der Waals surface area contributed by atoms with Crippen molar-refractivity contribution in [3.05, 3.63) is 29.5 Å². The third kappa shape index (κ3) is 5.01. The Morgan fingerprint density at radius 2 is 1.87 bits per heavy atom. The molecule has 1 saturated heterocycles. The molecule has 6 nitrogen and oxygen atoms in total. The number of aromatic nitrogens is 2. The molecule has 8 heteroatoms. The van der Waals surface area contributed by atoms with Gasteiger partial charge in [-0.15, -0.1) is 0 Å². The van der Waals surface area contributed by atoms with E-state index in [1.807, 2.05) is 29.7 Å².